The van der Waals surface area contributed by atoms with Crippen molar-refractivity contribution in [1.82, 2.24) is 0 Å². The third kappa shape index (κ3) is 2.33. The predicted octanol–water partition coefficient (Wildman–Crippen LogP) is 3.79. The number of rotatable bonds is 1. The molecule has 0 saturated heterocycles. The van der Waals surface area contributed by atoms with Crippen molar-refractivity contribution in [2.45, 2.75) is 20.8 Å². The van der Waals surface area contributed by atoms with E-state index in [1.165, 1.54) is 15.2 Å². The fourth-order valence-corrected chi connectivity index (χ4v) is 2.64. The van der Waals surface area contributed by atoms with E-state index >= 15 is 0 Å². The second-order valence-corrected chi connectivity index (χ2v) is 6.23. The number of hydrogen-bond acceptors (Lipinski definition) is 1. The average molecular weight is 232 g/mol. The molecule has 0 aliphatic heterocycles. The van der Waals surface area contributed by atoms with Gasteiger partial charge >= 0.3 is 0 Å². The molecule has 1 nitrogen and oxygen atoms in total. The maximum absolute atomic E-state index is 2.26. The zero-order valence-corrected chi connectivity index (χ0v) is 11.1. The number of hydrogen-bond donors (Lipinski definition) is 0. The minimum absolute atomic E-state index is 0.239. The maximum atomic E-state index is 2.26. The van der Waals surface area contributed by atoms with Crippen LogP contribution in [0.4, 0.5) is 0 Å². The van der Waals surface area contributed by atoms with E-state index in [2.05, 4.69) is 68.8 Å². The van der Waals surface area contributed by atoms with Crippen LogP contribution in [0.3, 0.4) is 0 Å². The van der Waals surface area contributed by atoms with Crippen molar-refractivity contribution in [2.24, 2.45) is 12.5 Å². The number of allylic oxidation sites excluding steroid dienone is 1. The van der Waals surface area contributed by atoms with E-state index in [4.69, 9.17) is 0 Å². The number of nitrogens with zero attached hydrogens (tertiary/aromatic N) is 1. The molecular formula is C14H18NS+. The van der Waals surface area contributed by atoms with Crippen LogP contribution in [0.2, 0.25) is 0 Å². The van der Waals surface area contributed by atoms with Crippen LogP contribution in [0.1, 0.15) is 25.8 Å². The summed E-state index contributed by atoms with van der Waals surface area (Å²) < 4.78 is 3.60. The molecule has 84 valence electrons. The zero-order valence-electron chi connectivity index (χ0n) is 10.3. The van der Waals surface area contributed by atoms with Crippen LogP contribution in [0.25, 0.3) is 16.3 Å². The molecule has 1 aromatic heterocycles. The third-order valence-corrected chi connectivity index (χ3v) is 3.68. The van der Waals surface area contributed by atoms with Crippen molar-refractivity contribution >= 4 is 27.6 Å². The molecule has 2 aromatic rings. The molecule has 16 heavy (non-hydrogen) atoms. The van der Waals surface area contributed by atoms with Crippen LogP contribution in [0.5, 0.6) is 0 Å². The van der Waals surface area contributed by atoms with E-state index in [9.17, 15) is 0 Å². The van der Waals surface area contributed by atoms with Gasteiger partial charge in [0, 0.05) is 12.1 Å². The number of aryl methyl sites for hydroxylation is 1. The van der Waals surface area contributed by atoms with E-state index in [1.54, 1.807) is 0 Å². The van der Waals surface area contributed by atoms with E-state index < -0.39 is 0 Å². The molecule has 2 heteroatoms. The van der Waals surface area contributed by atoms with Crippen LogP contribution in [0, 0.1) is 5.41 Å². The van der Waals surface area contributed by atoms with Crippen molar-refractivity contribution in [3.8, 4) is 0 Å². The molecule has 0 amide bonds. The number of para-hydroxylation sites is 1. The first kappa shape index (κ1) is 11.3. The molecule has 0 fully saturated rings. The van der Waals surface area contributed by atoms with Gasteiger partial charge in [0.2, 0.25) is 5.52 Å². The molecule has 0 aliphatic rings. The van der Waals surface area contributed by atoms with Gasteiger partial charge in [-0.2, -0.15) is 4.57 Å². The predicted molar refractivity (Wildman–Crippen MR) is 71.5 cm³/mol. The Morgan fingerprint density at radius 3 is 2.50 bits per heavy atom. The van der Waals surface area contributed by atoms with Gasteiger partial charge < -0.3 is 0 Å². The summed E-state index contributed by atoms with van der Waals surface area (Å²) in [6.45, 7) is 6.66. The second-order valence-electron chi connectivity index (χ2n) is 5.17. The summed E-state index contributed by atoms with van der Waals surface area (Å²) in [5, 5.41) is 1.30. The van der Waals surface area contributed by atoms with Gasteiger partial charge in [-0.1, -0.05) is 50.3 Å². The molecule has 0 spiro atoms. The van der Waals surface area contributed by atoms with Crippen molar-refractivity contribution in [2.75, 3.05) is 0 Å². The topological polar surface area (TPSA) is 3.88 Å². The molecule has 0 N–H and O–H groups in total. The van der Waals surface area contributed by atoms with E-state index in [1.807, 2.05) is 11.3 Å². The summed E-state index contributed by atoms with van der Waals surface area (Å²) >= 11 is 1.84. The molecule has 0 saturated carbocycles. The van der Waals surface area contributed by atoms with E-state index in [0.717, 1.165) is 0 Å². The quantitative estimate of drug-likeness (QED) is 0.659. The van der Waals surface area contributed by atoms with Gasteiger partial charge in [-0.3, -0.25) is 0 Å². The molecule has 2 rings (SSSR count). The summed E-state index contributed by atoms with van der Waals surface area (Å²) in [6, 6.07) is 8.52. The first-order valence-electron chi connectivity index (χ1n) is 5.54. The standard InChI is InChI=1S/C14H18NS/c1-14(2,3)10-9-13-15(4)11-7-5-6-8-12(11)16-13/h5-10H,1-4H3/q+1/b10-9+. The summed E-state index contributed by atoms with van der Waals surface area (Å²) in [7, 11) is 2.13. The van der Waals surface area contributed by atoms with Gasteiger partial charge in [-0.05, 0) is 11.5 Å². The Labute approximate surface area is 101 Å². The van der Waals surface area contributed by atoms with E-state index in [-0.39, 0.29) is 5.41 Å². The monoisotopic (exact) mass is 232 g/mol. The number of benzene rings is 1. The van der Waals surface area contributed by atoms with Gasteiger partial charge in [0.1, 0.15) is 11.7 Å². The molecule has 1 aromatic carbocycles. The normalized spacial score (nSPS) is 12.8. The Morgan fingerprint density at radius 1 is 1.19 bits per heavy atom. The average Bonchev–Trinajstić information content (AvgIpc) is 2.53. The minimum Gasteiger partial charge on any atom is -0.185 e. The van der Waals surface area contributed by atoms with Crippen molar-refractivity contribution in [3.05, 3.63) is 35.3 Å². The van der Waals surface area contributed by atoms with Gasteiger partial charge in [0.05, 0.1) is 0 Å². The maximum Gasteiger partial charge on any atom is 0.262 e. The highest BCUT2D eigenvalue weighted by atomic mass is 32.1. The lowest BCUT2D eigenvalue weighted by Gasteiger charge is -2.09. The van der Waals surface area contributed by atoms with Crippen molar-refractivity contribution in [1.29, 1.82) is 0 Å². The molecule has 0 atom stereocenters. The zero-order chi connectivity index (χ0) is 11.8. The number of fused-ring (bicyclic) bond motifs is 1. The Hall–Kier alpha value is -1.15. The summed E-state index contributed by atoms with van der Waals surface area (Å²) in [5.74, 6) is 0. The van der Waals surface area contributed by atoms with Crippen LogP contribution in [0.15, 0.2) is 30.3 Å². The van der Waals surface area contributed by atoms with Crippen LogP contribution >= 0.6 is 11.3 Å². The lowest BCUT2D eigenvalue weighted by Crippen LogP contribution is -2.28. The third-order valence-electron chi connectivity index (χ3n) is 2.50. The highest BCUT2D eigenvalue weighted by molar-refractivity contribution is 7.18. The molecular weight excluding hydrogens is 214 g/mol. The Bertz CT molecular complexity index is 529. The van der Waals surface area contributed by atoms with Gasteiger partial charge in [0.15, 0.2) is 0 Å². The molecule has 0 unspecified atom stereocenters. The van der Waals surface area contributed by atoms with Gasteiger partial charge in [-0.25, -0.2) is 0 Å². The lowest BCUT2D eigenvalue weighted by atomic mass is 9.96. The largest absolute Gasteiger partial charge is 0.262 e. The Balaban J connectivity index is 2.46. The van der Waals surface area contributed by atoms with E-state index in [0.29, 0.717) is 0 Å². The van der Waals surface area contributed by atoms with Crippen LogP contribution in [-0.2, 0) is 7.05 Å². The molecule has 0 bridgehead atoms. The first-order chi connectivity index (χ1) is 7.47. The molecule has 1 heterocycles. The highest BCUT2D eigenvalue weighted by Crippen LogP contribution is 2.22. The Morgan fingerprint density at radius 2 is 1.88 bits per heavy atom. The smallest absolute Gasteiger partial charge is 0.185 e. The minimum atomic E-state index is 0.239. The lowest BCUT2D eigenvalue weighted by molar-refractivity contribution is -0.642. The summed E-state index contributed by atoms with van der Waals surface area (Å²) in [6.07, 6.45) is 4.49. The van der Waals surface area contributed by atoms with Crippen LogP contribution in [-0.4, -0.2) is 0 Å². The molecule has 0 radical (unpaired) electrons. The SMILES string of the molecule is C[n+]1c(/C=C/C(C)(C)C)sc2ccccc21. The number of aromatic nitrogens is 1. The Kier molecular flexibility index (Phi) is 2.85. The first-order valence-corrected chi connectivity index (χ1v) is 6.36. The second kappa shape index (κ2) is 4.02. The summed E-state index contributed by atoms with van der Waals surface area (Å²) in [5.41, 5.74) is 1.55. The van der Waals surface area contributed by atoms with Crippen molar-refractivity contribution in [3.63, 3.8) is 0 Å². The fraction of sp³-hybridized carbons (Fsp3) is 0.357. The fourth-order valence-electron chi connectivity index (χ4n) is 1.59. The van der Waals surface area contributed by atoms with Gasteiger partial charge in [-0.15, -0.1) is 0 Å². The number of thiazole rings is 1. The molecule has 0 aliphatic carbocycles. The van der Waals surface area contributed by atoms with Crippen LogP contribution < -0.4 is 4.57 Å². The van der Waals surface area contributed by atoms with Crippen molar-refractivity contribution < 1.29 is 4.57 Å². The highest BCUT2D eigenvalue weighted by Gasteiger charge is 2.14. The summed E-state index contributed by atoms with van der Waals surface area (Å²) in [4.78, 5) is 0. The van der Waals surface area contributed by atoms with Gasteiger partial charge in [0.25, 0.3) is 5.01 Å².